The van der Waals surface area contributed by atoms with Crippen LogP contribution >= 0.6 is 15.9 Å². The number of nitrogens with zero attached hydrogens (tertiary/aromatic N) is 3. The first kappa shape index (κ1) is 13.6. The van der Waals surface area contributed by atoms with Gasteiger partial charge in [-0.15, -0.1) is 5.10 Å². The zero-order valence-corrected chi connectivity index (χ0v) is 11.7. The highest BCUT2D eigenvalue weighted by Crippen LogP contribution is 2.22. The van der Waals surface area contributed by atoms with E-state index < -0.39 is 11.7 Å². The number of carbonyl (C=O) groups excluding carboxylic acids is 1. The standard InChI is InChI=1S/C10H10BrN3O5/c1-13(17-2)8(15)5-14-10(16)19-9(12-14)6-3-4-7(11)18-6/h3-4H,5H2,1-2H3. The van der Waals surface area contributed by atoms with E-state index in [-0.39, 0.29) is 18.2 Å². The Hall–Kier alpha value is -1.87. The molecule has 0 bridgehead atoms. The largest absolute Gasteiger partial charge is 0.444 e. The molecule has 1 amide bonds. The molecule has 2 aromatic rings. The molecule has 0 N–H and O–H groups in total. The minimum Gasteiger partial charge on any atom is -0.444 e. The smallest absolute Gasteiger partial charge is 0.437 e. The molecule has 0 aliphatic carbocycles. The second-order valence-electron chi connectivity index (χ2n) is 3.51. The summed E-state index contributed by atoms with van der Waals surface area (Å²) in [5.74, 6) is -0.899. The lowest BCUT2D eigenvalue weighted by Crippen LogP contribution is -2.32. The van der Waals surface area contributed by atoms with Crippen LogP contribution in [0.15, 0.2) is 30.4 Å². The molecule has 0 radical (unpaired) electrons. The van der Waals surface area contributed by atoms with Crippen LogP contribution in [0.4, 0.5) is 0 Å². The third-order valence-electron chi connectivity index (χ3n) is 2.30. The minimum atomic E-state index is -0.750. The van der Waals surface area contributed by atoms with E-state index in [9.17, 15) is 9.59 Å². The monoisotopic (exact) mass is 331 g/mol. The van der Waals surface area contributed by atoms with Gasteiger partial charge in [0.2, 0.25) is 0 Å². The van der Waals surface area contributed by atoms with Crippen LogP contribution < -0.4 is 5.76 Å². The van der Waals surface area contributed by atoms with Crippen molar-refractivity contribution in [1.29, 1.82) is 0 Å². The van der Waals surface area contributed by atoms with Crippen molar-refractivity contribution in [2.24, 2.45) is 0 Å². The molecule has 0 fully saturated rings. The Balaban J connectivity index is 2.22. The third-order valence-corrected chi connectivity index (χ3v) is 2.73. The summed E-state index contributed by atoms with van der Waals surface area (Å²) < 4.78 is 11.5. The lowest BCUT2D eigenvalue weighted by molar-refractivity contribution is -0.169. The normalized spacial score (nSPS) is 10.7. The quantitative estimate of drug-likeness (QED) is 0.772. The summed E-state index contributed by atoms with van der Waals surface area (Å²) >= 11 is 3.13. The first-order valence-corrected chi connectivity index (χ1v) is 5.95. The lowest BCUT2D eigenvalue weighted by Gasteiger charge is -2.12. The van der Waals surface area contributed by atoms with E-state index in [1.165, 1.54) is 14.2 Å². The molecule has 0 unspecified atom stereocenters. The Bertz CT molecular complexity index is 644. The number of halogens is 1. The van der Waals surface area contributed by atoms with Gasteiger partial charge in [0.1, 0.15) is 6.54 Å². The molecule has 0 aliphatic heterocycles. The molecule has 2 aromatic heterocycles. The summed E-state index contributed by atoms with van der Waals surface area (Å²) in [4.78, 5) is 27.8. The Labute approximate surface area is 115 Å². The molecule has 0 aliphatic rings. The molecule has 0 spiro atoms. The van der Waals surface area contributed by atoms with Crippen molar-refractivity contribution >= 4 is 21.8 Å². The van der Waals surface area contributed by atoms with Crippen molar-refractivity contribution in [3.63, 3.8) is 0 Å². The molecule has 2 heterocycles. The highest BCUT2D eigenvalue weighted by Gasteiger charge is 2.17. The maximum atomic E-state index is 11.6. The van der Waals surface area contributed by atoms with Gasteiger partial charge in [-0.25, -0.2) is 9.86 Å². The number of hydrogen-bond donors (Lipinski definition) is 0. The highest BCUT2D eigenvalue weighted by atomic mass is 79.9. The molecule has 8 nitrogen and oxygen atoms in total. The van der Waals surface area contributed by atoms with Gasteiger partial charge in [0.15, 0.2) is 10.4 Å². The molecule has 0 saturated heterocycles. The van der Waals surface area contributed by atoms with E-state index >= 15 is 0 Å². The molecule has 0 atom stereocenters. The molecular weight excluding hydrogens is 322 g/mol. The molecule has 2 rings (SSSR count). The molecule has 0 aromatic carbocycles. The summed E-state index contributed by atoms with van der Waals surface area (Å²) in [6, 6.07) is 3.22. The maximum absolute atomic E-state index is 11.6. The molecular formula is C10H10BrN3O5. The van der Waals surface area contributed by atoms with Gasteiger partial charge in [0.25, 0.3) is 11.8 Å². The minimum absolute atomic E-state index is 0.00331. The van der Waals surface area contributed by atoms with E-state index in [1.54, 1.807) is 12.1 Å². The topological polar surface area (TPSA) is 90.7 Å². The van der Waals surface area contributed by atoms with Crippen molar-refractivity contribution in [2.75, 3.05) is 14.2 Å². The van der Waals surface area contributed by atoms with Crippen LogP contribution in [0.25, 0.3) is 11.7 Å². The van der Waals surface area contributed by atoms with Gasteiger partial charge in [-0.05, 0) is 28.1 Å². The van der Waals surface area contributed by atoms with Gasteiger partial charge in [-0.1, -0.05) is 0 Å². The maximum Gasteiger partial charge on any atom is 0.437 e. The van der Waals surface area contributed by atoms with Crippen LogP contribution in [0, 0.1) is 0 Å². The Morgan fingerprint density at radius 2 is 2.26 bits per heavy atom. The van der Waals surface area contributed by atoms with E-state index in [4.69, 9.17) is 13.7 Å². The Morgan fingerprint density at radius 3 is 2.84 bits per heavy atom. The van der Waals surface area contributed by atoms with Crippen LogP contribution in [0.1, 0.15) is 0 Å². The zero-order chi connectivity index (χ0) is 14.0. The van der Waals surface area contributed by atoms with Gasteiger partial charge in [-0.3, -0.25) is 9.63 Å². The van der Waals surface area contributed by atoms with Crippen molar-refractivity contribution < 1.29 is 18.5 Å². The number of hydrogen-bond acceptors (Lipinski definition) is 6. The van der Waals surface area contributed by atoms with E-state index in [2.05, 4.69) is 21.0 Å². The average Bonchev–Trinajstić information content (AvgIpc) is 2.95. The predicted octanol–water partition coefficient (Wildman–Crippen LogP) is 0.879. The summed E-state index contributed by atoms with van der Waals surface area (Å²) in [6.07, 6.45) is 0. The van der Waals surface area contributed by atoms with Gasteiger partial charge in [-0.2, -0.15) is 4.68 Å². The fourth-order valence-electron chi connectivity index (χ4n) is 1.26. The SMILES string of the molecule is CON(C)C(=O)Cn1nc(-c2ccc(Br)o2)oc1=O. The first-order chi connectivity index (χ1) is 9.01. The second-order valence-corrected chi connectivity index (χ2v) is 4.29. The average molecular weight is 332 g/mol. The fourth-order valence-corrected chi connectivity index (χ4v) is 1.57. The summed E-state index contributed by atoms with van der Waals surface area (Å²) in [6.45, 7) is -0.283. The van der Waals surface area contributed by atoms with Gasteiger partial charge in [0.05, 0.1) is 7.11 Å². The number of aromatic nitrogens is 2. The van der Waals surface area contributed by atoms with E-state index in [0.29, 0.717) is 4.67 Å². The van der Waals surface area contributed by atoms with Crippen molar-refractivity contribution in [2.45, 2.75) is 6.54 Å². The molecule has 0 saturated carbocycles. The second kappa shape index (κ2) is 5.41. The van der Waals surface area contributed by atoms with Crippen molar-refractivity contribution in [3.05, 3.63) is 27.4 Å². The number of rotatable bonds is 4. The molecule has 9 heteroatoms. The fraction of sp³-hybridized carbons (Fsp3) is 0.300. The number of hydroxylamine groups is 2. The first-order valence-electron chi connectivity index (χ1n) is 5.15. The Morgan fingerprint density at radius 1 is 1.53 bits per heavy atom. The van der Waals surface area contributed by atoms with Crippen LogP contribution in [-0.4, -0.2) is 34.9 Å². The van der Waals surface area contributed by atoms with E-state index in [0.717, 1.165) is 9.75 Å². The lowest BCUT2D eigenvalue weighted by atomic mass is 10.5. The number of furan rings is 1. The third kappa shape index (κ3) is 2.93. The summed E-state index contributed by atoms with van der Waals surface area (Å²) in [7, 11) is 2.77. The van der Waals surface area contributed by atoms with Gasteiger partial charge < -0.3 is 8.83 Å². The zero-order valence-electron chi connectivity index (χ0n) is 10.1. The van der Waals surface area contributed by atoms with Crippen LogP contribution in [0.2, 0.25) is 0 Å². The number of likely N-dealkylation sites (N-methyl/N-ethyl adjacent to an activating group) is 1. The molecule has 19 heavy (non-hydrogen) atoms. The van der Waals surface area contributed by atoms with Crippen LogP contribution in [-0.2, 0) is 16.2 Å². The summed E-state index contributed by atoms with van der Waals surface area (Å²) in [5, 5.41) is 4.86. The van der Waals surface area contributed by atoms with Crippen molar-refractivity contribution in [1.82, 2.24) is 14.8 Å². The highest BCUT2D eigenvalue weighted by molar-refractivity contribution is 9.10. The molecule has 102 valence electrons. The van der Waals surface area contributed by atoms with Crippen LogP contribution in [0.3, 0.4) is 0 Å². The number of carbonyl (C=O) groups is 1. The predicted molar refractivity (Wildman–Crippen MR) is 65.9 cm³/mol. The van der Waals surface area contributed by atoms with Gasteiger partial charge >= 0.3 is 5.76 Å². The Kier molecular flexibility index (Phi) is 3.86. The van der Waals surface area contributed by atoms with Gasteiger partial charge in [0, 0.05) is 7.05 Å². The number of amides is 1. The van der Waals surface area contributed by atoms with E-state index in [1.807, 2.05) is 0 Å². The van der Waals surface area contributed by atoms with Crippen LogP contribution in [0.5, 0.6) is 0 Å². The summed E-state index contributed by atoms with van der Waals surface area (Å²) in [5.41, 5.74) is 0. The van der Waals surface area contributed by atoms with Crippen molar-refractivity contribution in [3.8, 4) is 11.7 Å².